The molecule has 144 valence electrons. The van der Waals surface area contributed by atoms with Gasteiger partial charge in [-0.25, -0.2) is 14.4 Å². The van der Waals surface area contributed by atoms with Gasteiger partial charge >= 0.3 is 17.8 Å². The standard InChI is InChI=1S/C20H18N2O6/c1-12-9-18(23)28-17-10-15(7-8-16(12)17)22-20(25)27-11-13-3-5-14(6-4-13)21-19(24)26-2/h3-10H,11H2,1-2H3,(H,21,24)(H,22,25). The highest BCUT2D eigenvalue weighted by molar-refractivity contribution is 5.90. The number of benzene rings is 2. The van der Waals surface area contributed by atoms with E-state index in [9.17, 15) is 14.4 Å². The van der Waals surface area contributed by atoms with E-state index in [1.165, 1.54) is 13.2 Å². The lowest BCUT2D eigenvalue weighted by Crippen LogP contribution is -2.14. The van der Waals surface area contributed by atoms with Crippen LogP contribution in [0.4, 0.5) is 21.0 Å². The second-order valence-electron chi connectivity index (χ2n) is 5.97. The molecule has 8 nitrogen and oxygen atoms in total. The van der Waals surface area contributed by atoms with Crippen molar-refractivity contribution >= 4 is 34.5 Å². The Kier molecular flexibility index (Phi) is 5.59. The number of nitrogens with one attached hydrogen (secondary N) is 2. The first-order valence-corrected chi connectivity index (χ1v) is 8.37. The van der Waals surface area contributed by atoms with Crippen molar-refractivity contribution in [3.63, 3.8) is 0 Å². The number of aryl methyl sites for hydroxylation is 1. The molecule has 8 heteroatoms. The van der Waals surface area contributed by atoms with Crippen molar-refractivity contribution in [1.82, 2.24) is 0 Å². The van der Waals surface area contributed by atoms with E-state index >= 15 is 0 Å². The molecule has 0 fully saturated rings. The molecule has 0 aliphatic carbocycles. The Hall–Kier alpha value is -3.81. The third-order valence-corrected chi connectivity index (χ3v) is 3.95. The zero-order valence-electron chi connectivity index (χ0n) is 15.3. The SMILES string of the molecule is COC(=O)Nc1ccc(COC(=O)Nc2ccc3c(C)cc(=O)oc3c2)cc1. The van der Waals surface area contributed by atoms with Crippen molar-refractivity contribution in [2.75, 3.05) is 17.7 Å². The summed E-state index contributed by atoms with van der Waals surface area (Å²) >= 11 is 0. The van der Waals surface area contributed by atoms with Crippen molar-refractivity contribution in [2.24, 2.45) is 0 Å². The number of amides is 2. The van der Waals surface area contributed by atoms with Crippen molar-refractivity contribution in [1.29, 1.82) is 0 Å². The van der Waals surface area contributed by atoms with E-state index in [0.29, 0.717) is 17.0 Å². The molecule has 28 heavy (non-hydrogen) atoms. The maximum Gasteiger partial charge on any atom is 0.411 e. The van der Waals surface area contributed by atoms with E-state index in [4.69, 9.17) is 9.15 Å². The number of hydrogen-bond acceptors (Lipinski definition) is 6. The smallest absolute Gasteiger partial charge is 0.411 e. The van der Waals surface area contributed by atoms with E-state index < -0.39 is 17.8 Å². The Bertz CT molecular complexity index is 1070. The van der Waals surface area contributed by atoms with Gasteiger partial charge in [-0.3, -0.25) is 10.6 Å². The second-order valence-corrected chi connectivity index (χ2v) is 5.97. The molecule has 1 aromatic heterocycles. The largest absolute Gasteiger partial charge is 0.453 e. The Labute approximate surface area is 160 Å². The van der Waals surface area contributed by atoms with Gasteiger partial charge in [-0.15, -0.1) is 0 Å². The van der Waals surface area contributed by atoms with Gasteiger partial charge in [0.05, 0.1) is 7.11 Å². The van der Waals surface area contributed by atoms with E-state index in [1.54, 1.807) is 42.5 Å². The molecule has 0 radical (unpaired) electrons. The van der Waals surface area contributed by atoms with Crippen LogP contribution in [0.3, 0.4) is 0 Å². The summed E-state index contributed by atoms with van der Waals surface area (Å²) in [6.07, 6.45) is -1.21. The van der Waals surface area contributed by atoms with Gasteiger partial charge in [0.15, 0.2) is 0 Å². The highest BCUT2D eigenvalue weighted by Crippen LogP contribution is 2.21. The Morgan fingerprint density at radius 1 is 0.964 bits per heavy atom. The summed E-state index contributed by atoms with van der Waals surface area (Å²) in [5, 5.41) is 5.91. The summed E-state index contributed by atoms with van der Waals surface area (Å²) in [4.78, 5) is 34.6. The maximum absolute atomic E-state index is 12.0. The first-order chi connectivity index (χ1) is 13.4. The van der Waals surface area contributed by atoms with Gasteiger partial charge in [0.2, 0.25) is 0 Å². The van der Waals surface area contributed by atoms with E-state index in [-0.39, 0.29) is 6.61 Å². The summed E-state index contributed by atoms with van der Waals surface area (Å²) < 4.78 is 14.8. The molecule has 0 bridgehead atoms. The molecule has 0 aliphatic rings. The van der Waals surface area contributed by atoms with E-state index in [1.807, 2.05) is 6.92 Å². The number of methoxy groups -OCH3 is 1. The molecule has 0 aliphatic heterocycles. The number of anilines is 2. The highest BCUT2D eigenvalue weighted by atomic mass is 16.5. The van der Waals surface area contributed by atoms with Gasteiger partial charge in [0.1, 0.15) is 12.2 Å². The van der Waals surface area contributed by atoms with Crippen LogP contribution in [0.25, 0.3) is 11.0 Å². The molecule has 0 spiro atoms. The number of ether oxygens (including phenoxy) is 2. The number of carbonyl (C=O) groups is 2. The minimum Gasteiger partial charge on any atom is -0.453 e. The molecule has 1 heterocycles. The Morgan fingerprint density at radius 3 is 2.36 bits per heavy atom. The van der Waals surface area contributed by atoms with Crippen LogP contribution in [-0.4, -0.2) is 19.3 Å². The lowest BCUT2D eigenvalue weighted by atomic mass is 10.1. The lowest BCUT2D eigenvalue weighted by Gasteiger charge is -2.09. The van der Waals surface area contributed by atoms with E-state index in [2.05, 4.69) is 15.4 Å². The van der Waals surface area contributed by atoms with Gasteiger partial charge in [0.25, 0.3) is 0 Å². The molecular weight excluding hydrogens is 364 g/mol. The van der Waals surface area contributed by atoms with Crippen LogP contribution in [0.2, 0.25) is 0 Å². The monoisotopic (exact) mass is 382 g/mol. The molecule has 0 unspecified atom stereocenters. The molecular formula is C20H18N2O6. The fraction of sp³-hybridized carbons (Fsp3) is 0.150. The van der Waals surface area contributed by atoms with Gasteiger partial charge in [0, 0.05) is 28.9 Å². The number of fused-ring (bicyclic) bond motifs is 1. The van der Waals surface area contributed by atoms with Crippen LogP contribution in [0, 0.1) is 6.92 Å². The van der Waals surface area contributed by atoms with Gasteiger partial charge in [-0.05, 0) is 42.3 Å². The average molecular weight is 382 g/mol. The van der Waals surface area contributed by atoms with Crippen molar-refractivity contribution < 1.29 is 23.5 Å². The van der Waals surface area contributed by atoms with Gasteiger partial charge < -0.3 is 13.9 Å². The minimum absolute atomic E-state index is 0.0477. The van der Waals surface area contributed by atoms with Gasteiger partial charge in [-0.2, -0.15) is 0 Å². The first-order valence-electron chi connectivity index (χ1n) is 8.37. The lowest BCUT2D eigenvalue weighted by molar-refractivity contribution is 0.155. The average Bonchev–Trinajstić information content (AvgIpc) is 2.67. The fourth-order valence-corrected chi connectivity index (χ4v) is 2.56. The predicted octanol–water partition coefficient (Wildman–Crippen LogP) is 4.03. The zero-order chi connectivity index (χ0) is 20.1. The van der Waals surface area contributed by atoms with E-state index in [0.717, 1.165) is 16.5 Å². The summed E-state index contributed by atoms with van der Waals surface area (Å²) in [7, 11) is 1.28. The highest BCUT2D eigenvalue weighted by Gasteiger charge is 2.08. The van der Waals surface area contributed by atoms with Crippen LogP contribution >= 0.6 is 0 Å². The maximum atomic E-state index is 12.0. The number of carbonyl (C=O) groups excluding carboxylic acids is 2. The molecule has 3 rings (SSSR count). The zero-order valence-corrected chi connectivity index (χ0v) is 15.3. The first kappa shape index (κ1) is 19.0. The molecule has 0 saturated heterocycles. The van der Waals surface area contributed by atoms with Crippen LogP contribution in [-0.2, 0) is 16.1 Å². The normalized spacial score (nSPS) is 10.4. The van der Waals surface area contributed by atoms with Crippen LogP contribution in [0.15, 0.2) is 57.7 Å². The minimum atomic E-state index is -0.647. The third kappa shape index (κ3) is 4.67. The molecule has 0 atom stereocenters. The summed E-state index contributed by atoms with van der Waals surface area (Å²) in [6, 6.07) is 13.2. The topological polar surface area (TPSA) is 107 Å². The molecule has 2 N–H and O–H groups in total. The molecule has 2 amide bonds. The second kappa shape index (κ2) is 8.26. The quantitative estimate of drug-likeness (QED) is 0.660. The Morgan fingerprint density at radius 2 is 1.64 bits per heavy atom. The predicted molar refractivity (Wildman–Crippen MR) is 103 cm³/mol. The fourth-order valence-electron chi connectivity index (χ4n) is 2.56. The molecule has 2 aromatic carbocycles. The van der Waals surface area contributed by atoms with Crippen LogP contribution < -0.4 is 16.3 Å². The van der Waals surface area contributed by atoms with Gasteiger partial charge in [-0.1, -0.05) is 12.1 Å². The van der Waals surface area contributed by atoms with Crippen molar-refractivity contribution in [2.45, 2.75) is 13.5 Å². The third-order valence-electron chi connectivity index (χ3n) is 3.95. The number of hydrogen-bond donors (Lipinski definition) is 2. The summed E-state index contributed by atoms with van der Waals surface area (Å²) in [5.74, 6) is 0. The van der Waals surface area contributed by atoms with Crippen molar-refractivity contribution in [3.8, 4) is 0 Å². The van der Waals surface area contributed by atoms with Crippen LogP contribution in [0.1, 0.15) is 11.1 Å². The summed E-state index contributed by atoms with van der Waals surface area (Å²) in [6.45, 7) is 1.86. The molecule has 0 saturated carbocycles. The van der Waals surface area contributed by atoms with Crippen molar-refractivity contribution in [3.05, 3.63) is 70.1 Å². The number of rotatable bonds is 4. The Balaban J connectivity index is 1.59. The van der Waals surface area contributed by atoms with Crippen LogP contribution in [0.5, 0.6) is 0 Å². The summed E-state index contributed by atoms with van der Waals surface area (Å²) in [5.41, 5.74) is 2.49. The molecule has 3 aromatic rings.